The Morgan fingerprint density at radius 1 is 0.951 bits per heavy atom. The van der Waals surface area contributed by atoms with Crippen LogP contribution in [0.25, 0.3) is 0 Å². The van der Waals surface area contributed by atoms with E-state index >= 15 is 0 Å². The molecule has 3 aromatic rings. The fraction of sp³-hybridized carbons (Fsp3) is 0.370. The number of nitrogens with one attached hydrogen (secondary N) is 2. The van der Waals surface area contributed by atoms with Gasteiger partial charge in [-0.05, 0) is 61.4 Å². The van der Waals surface area contributed by atoms with Crippen molar-refractivity contribution in [2.75, 3.05) is 54.9 Å². The zero-order valence-electron chi connectivity index (χ0n) is 22.0. The summed E-state index contributed by atoms with van der Waals surface area (Å²) in [4.78, 5) is 32.9. The molecule has 0 bridgehead atoms. The van der Waals surface area contributed by atoms with Crippen molar-refractivity contribution in [3.63, 3.8) is 0 Å². The summed E-state index contributed by atoms with van der Waals surface area (Å²) in [6.45, 7) is 3.18. The summed E-state index contributed by atoms with van der Waals surface area (Å²) in [5, 5.41) is 14.4. The van der Waals surface area contributed by atoms with Gasteiger partial charge in [0.1, 0.15) is 0 Å². The van der Waals surface area contributed by atoms with Crippen LogP contribution in [0.4, 0.5) is 36.3 Å². The first-order valence-electron chi connectivity index (χ1n) is 13.1. The summed E-state index contributed by atoms with van der Waals surface area (Å²) in [6.07, 6.45) is -2.82. The third kappa shape index (κ3) is 6.82. The summed E-state index contributed by atoms with van der Waals surface area (Å²) in [5.74, 6) is -0.505. The van der Waals surface area contributed by atoms with Gasteiger partial charge in [-0.1, -0.05) is 0 Å². The number of hydrogen-bond acceptors (Lipinski definition) is 9. The van der Waals surface area contributed by atoms with Gasteiger partial charge in [0.05, 0.1) is 18.8 Å². The van der Waals surface area contributed by atoms with E-state index in [1.807, 2.05) is 4.90 Å². The maximum absolute atomic E-state index is 12.9. The first-order chi connectivity index (χ1) is 19.7. The molecule has 2 amide bonds. The first kappa shape index (κ1) is 28.1. The Balaban J connectivity index is 1.28. The average molecular weight is 571 g/mol. The number of nitrogens with zero attached hydrogens (tertiary/aromatic N) is 5. The molecule has 41 heavy (non-hydrogen) atoms. The predicted molar refractivity (Wildman–Crippen MR) is 145 cm³/mol. The second-order valence-corrected chi connectivity index (χ2v) is 9.78. The van der Waals surface area contributed by atoms with Gasteiger partial charge in [0.25, 0.3) is 11.8 Å². The molecule has 1 aromatic heterocycles. The number of benzene rings is 2. The van der Waals surface area contributed by atoms with Gasteiger partial charge in [-0.25, -0.2) is 0 Å². The van der Waals surface area contributed by atoms with Gasteiger partial charge < -0.3 is 30.9 Å². The number of carbonyl (C=O) groups excluding carboxylic acids is 2. The van der Waals surface area contributed by atoms with Crippen molar-refractivity contribution in [3.8, 4) is 0 Å². The Morgan fingerprint density at radius 2 is 1.63 bits per heavy atom. The van der Waals surface area contributed by atoms with Crippen LogP contribution in [0.5, 0.6) is 0 Å². The van der Waals surface area contributed by atoms with E-state index in [-0.39, 0.29) is 29.4 Å². The Bertz CT molecular complexity index is 1380. The number of alkyl halides is 3. The molecule has 2 fully saturated rings. The van der Waals surface area contributed by atoms with Gasteiger partial charge in [0.2, 0.25) is 5.95 Å². The molecular formula is C27H29F3N8O3. The summed E-state index contributed by atoms with van der Waals surface area (Å²) < 4.78 is 44.0. The lowest BCUT2D eigenvalue weighted by molar-refractivity contribution is -0.137. The van der Waals surface area contributed by atoms with Crippen molar-refractivity contribution in [3.05, 3.63) is 65.4 Å². The van der Waals surface area contributed by atoms with Crippen LogP contribution in [0.2, 0.25) is 0 Å². The van der Waals surface area contributed by atoms with Crippen LogP contribution < -0.4 is 21.3 Å². The van der Waals surface area contributed by atoms with Gasteiger partial charge in [-0.3, -0.25) is 9.59 Å². The molecule has 2 aliphatic rings. The summed E-state index contributed by atoms with van der Waals surface area (Å²) >= 11 is 0. The fourth-order valence-electron chi connectivity index (χ4n) is 4.75. The number of piperidine rings is 1. The van der Waals surface area contributed by atoms with Gasteiger partial charge in [0, 0.05) is 49.2 Å². The smallest absolute Gasteiger partial charge is 0.381 e. The predicted octanol–water partition coefficient (Wildman–Crippen LogP) is 3.29. The lowest BCUT2D eigenvalue weighted by Gasteiger charge is -2.33. The molecule has 216 valence electrons. The zero-order chi connectivity index (χ0) is 29.0. The molecule has 0 saturated carbocycles. The summed E-state index contributed by atoms with van der Waals surface area (Å²) in [6, 6.07) is 11.6. The Hall–Kier alpha value is -4.46. The van der Waals surface area contributed by atoms with Gasteiger partial charge in [-0.15, -0.1) is 10.2 Å². The number of carbonyl (C=O) groups is 2. The third-order valence-corrected chi connectivity index (χ3v) is 6.89. The molecular weight excluding hydrogens is 541 g/mol. The quantitative estimate of drug-likeness (QED) is 0.391. The lowest BCUT2D eigenvalue weighted by Crippen LogP contribution is -2.43. The topological polar surface area (TPSA) is 139 Å². The monoisotopic (exact) mass is 570 g/mol. The van der Waals surface area contributed by atoms with E-state index in [0.717, 1.165) is 25.0 Å². The Kier molecular flexibility index (Phi) is 8.19. The minimum atomic E-state index is -4.39. The van der Waals surface area contributed by atoms with E-state index in [1.54, 1.807) is 29.2 Å². The van der Waals surface area contributed by atoms with Crippen LogP contribution in [0, 0.1) is 0 Å². The molecule has 0 spiro atoms. The Labute approximate surface area is 233 Å². The molecule has 5 rings (SSSR count). The van der Waals surface area contributed by atoms with Gasteiger partial charge in [-0.2, -0.15) is 18.2 Å². The van der Waals surface area contributed by atoms with Crippen molar-refractivity contribution in [2.24, 2.45) is 5.73 Å². The van der Waals surface area contributed by atoms with Crippen LogP contribution in [-0.4, -0.2) is 77.3 Å². The molecule has 1 atom stereocenters. The fourth-order valence-corrected chi connectivity index (χ4v) is 4.75. The standard InChI is InChI=1S/C27H29F3N8O3/c28-27(29,30)18-5-9-19(10-6-18)32-21-2-1-11-38(16-21)26-34-24(22(23(31)39)35-36-26)33-20-7-3-17(4-8-20)25(40)37-12-14-41-15-13-37/h3-10,21,32H,1-2,11-16H2,(H2,31,39)(H,33,34,36). The second kappa shape index (κ2) is 12.0. The number of amides is 2. The molecule has 0 aliphatic carbocycles. The summed E-state index contributed by atoms with van der Waals surface area (Å²) in [7, 11) is 0. The van der Waals surface area contributed by atoms with Crippen molar-refractivity contribution in [1.82, 2.24) is 20.1 Å². The maximum Gasteiger partial charge on any atom is 0.416 e. The maximum atomic E-state index is 12.9. The highest BCUT2D eigenvalue weighted by atomic mass is 19.4. The number of rotatable bonds is 7. The SMILES string of the molecule is NC(=O)c1nnc(N2CCCC(Nc3ccc(C(F)(F)F)cc3)C2)nc1Nc1ccc(C(=O)N2CCOCC2)cc1. The molecule has 0 radical (unpaired) electrons. The van der Waals surface area contributed by atoms with Crippen molar-refractivity contribution >= 4 is 35.0 Å². The highest BCUT2D eigenvalue weighted by molar-refractivity contribution is 5.97. The number of hydrogen-bond donors (Lipinski definition) is 3. The molecule has 11 nitrogen and oxygen atoms in total. The number of morpholine rings is 1. The number of anilines is 4. The zero-order valence-corrected chi connectivity index (χ0v) is 22.0. The molecule has 4 N–H and O–H groups in total. The number of halogens is 3. The number of ether oxygens (including phenoxy) is 1. The van der Waals surface area contributed by atoms with Crippen molar-refractivity contribution < 1.29 is 27.5 Å². The van der Waals surface area contributed by atoms with E-state index in [4.69, 9.17) is 10.5 Å². The van der Waals surface area contributed by atoms with Crippen LogP contribution in [0.1, 0.15) is 39.3 Å². The largest absolute Gasteiger partial charge is 0.416 e. The highest BCUT2D eigenvalue weighted by Gasteiger charge is 2.30. The van der Waals surface area contributed by atoms with E-state index in [0.29, 0.717) is 56.3 Å². The second-order valence-electron chi connectivity index (χ2n) is 9.78. The van der Waals surface area contributed by atoms with Crippen LogP contribution >= 0.6 is 0 Å². The number of nitrogens with two attached hydrogens (primary N) is 1. The van der Waals surface area contributed by atoms with E-state index in [9.17, 15) is 22.8 Å². The first-order valence-corrected chi connectivity index (χ1v) is 13.1. The molecule has 3 heterocycles. The van der Waals surface area contributed by atoms with Crippen LogP contribution in [0.15, 0.2) is 48.5 Å². The normalized spacial score (nSPS) is 17.7. The number of aromatic nitrogens is 3. The van der Waals surface area contributed by atoms with E-state index < -0.39 is 17.6 Å². The van der Waals surface area contributed by atoms with E-state index in [1.165, 1.54) is 12.1 Å². The van der Waals surface area contributed by atoms with Crippen LogP contribution in [0.3, 0.4) is 0 Å². The molecule has 2 saturated heterocycles. The average Bonchev–Trinajstić information content (AvgIpc) is 2.97. The summed E-state index contributed by atoms with van der Waals surface area (Å²) in [5.41, 5.74) is 6.33. The Morgan fingerprint density at radius 3 is 2.29 bits per heavy atom. The van der Waals surface area contributed by atoms with Crippen LogP contribution in [-0.2, 0) is 10.9 Å². The molecule has 2 aliphatic heterocycles. The lowest BCUT2D eigenvalue weighted by atomic mass is 10.1. The molecule has 2 aromatic carbocycles. The molecule has 14 heteroatoms. The minimum absolute atomic E-state index is 0.0761. The van der Waals surface area contributed by atoms with Gasteiger partial charge in [0.15, 0.2) is 11.5 Å². The number of primary amides is 1. The highest BCUT2D eigenvalue weighted by Crippen LogP contribution is 2.30. The molecule has 1 unspecified atom stereocenters. The third-order valence-electron chi connectivity index (χ3n) is 6.89. The van der Waals surface area contributed by atoms with Crippen molar-refractivity contribution in [1.29, 1.82) is 0 Å². The van der Waals surface area contributed by atoms with Gasteiger partial charge >= 0.3 is 6.18 Å². The minimum Gasteiger partial charge on any atom is -0.381 e. The van der Waals surface area contributed by atoms with E-state index in [2.05, 4.69) is 25.8 Å². The van der Waals surface area contributed by atoms with Crippen molar-refractivity contribution in [2.45, 2.75) is 25.1 Å².